The first-order valence-corrected chi connectivity index (χ1v) is 9.92. The molecule has 3 aromatic rings. The summed E-state index contributed by atoms with van der Waals surface area (Å²) in [6.07, 6.45) is -0.943. The molecular formula is C24H27N3O3. The van der Waals surface area contributed by atoms with Gasteiger partial charge in [-0.1, -0.05) is 32.9 Å². The van der Waals surface area contributed by atoms with E-state index in [1.807, 2.05) is 38.1 Å². The Kier molecular flexibility index (Phi) is 5.87. The molecule has 0 radical (unpaired) electrons. The van der Waals surface area contributed by atoms with Crippen molar-refractivity contribution in [1.29, 1.82) is 0 Å². The Balaban J connectivity index is 1.66. The fourth-order valence-electron chi connectivity index (χ4n) is 2.94. The van der Waals surface area contributed by atoms with Crippen molar-refractivity contribution in [2.24, 2.45) is 0 Å². The summed E-state index contributed by atoms with van der Waals surface area (Å²) >= 11 is 0. The first-order chi connectivity index (χ1) is 14.0. The van der Waals surface area contributed by atoms with Crippen LogP contribution in [0.5, 0.6) is 0 Å². The van der Waals surface area contributed by atoms with Gasteiger partial charge >= 0.3 is 5.97 Å². The molecule has 156 valence electrons. The molecular weight excluding hydrogens is 378 g/mol. The number of nitrogens with one attached hydrogen (secondary N) is 1. The van der Waals surface area contributed by atoms with E-state index in [4.69, 9.17) is 4.74 Å². The monoisotopic (exact) mass is 405 g/mol. The van der Waals surface area contributed by atoms with Gasteiger partial charge in [-0.25, -0.2) is 14.8 Å². The molecule has 0 aliphatic rings. The van der Waals surface area contributed by atoms with Crippen molar-refractivity contribution in [3.05, 3.63) is 65.0 Å². The predicted octanol–water partition coefficient (Wildman–Crippen LogP) is 4.73. The lowest BCUT2D eigenvalue weighted by molar-refractivity contribution is -0.123. The van der Waals surface area contributed by atoms with Gasteiger partial charge in [0.25, 0.3) is 5.91 Å². The van der Waals surface area contributed by atoms with Crippen molar-refractivity contribution < 1.29 is 14.3 Å². The number of nitrogens with zero attached hydrogens (tertiary/aromatic N) is 2. The summed E-state index contributed by atoms with van der Waals surface area (Å²) < 4.78 is 5.35. The van der Waals surface area contributed by atoms with E-state index in [1.54, 1.807) is 25.1 Å². The Morgan fingerprint density at radius 2 is 1.53 bits per heavy atom. The van der Waals surface area contributed by atoms with Crippen molar-refractivity contribution >= 4 is 28.6 Å². The molecule has 1 amide bonds. The molecule has 1 N–H and O–H groups in total. The predicted molar refractivity (Wildman–Crippen MR) is 118 cm³/mol. The van der Waals surface area contributed by atoms with Crippen LogP contribution in [-0.4, -0.2) is 27.9 Å². The highest BCUT2D eigenvalue weighted by atomic mass is 16.5. The van der Waals surface area contributed by atoms with E-state index < -0.39 is 12.1 Å². The number of hydrogen-bond acceptors (Lipinski definition) is 5. The molecule has 0 saturated carbocycles. The van der Waals surface area contributed by atoms with E-state index in [2.05, 4.69) is 36.1 Å². The largest absolute Gasteiger partial charge is 0.449 e. The topological polar surface area (TPSA) is 81.2 Å². The molecule has 0 bridgehead atoms. The third-order valence-corrected chi connectivity index (χ3v) is 4.98. The van der Waals surface area contributed by atoms with Gasteiger partial charge in [-0.2, -0.15) is 0 Å². The standard InChI is InChI=1S/C24H27N3O3/c1-14-15(2)26-21-13-17(7-12-20(21)25-14)23(29)30-16(3)22(28)27-19-10-8-18(9-11-19)24(4,5)6/h7-13,16H,1-6H3,(H,27,28). The fourth-order valence-corrected chi connectivity index (χ4v) is 2.94. The zero-order valence-electron chi connectivity index (χ0n) is 18.2. The van der Waals surface area contributed by atoms with Crippen LogP contribution in [0.25, 0.3) is 11.0 Å². The maximum atomic E-state index is 12.5. The molecule has 1 unspecified atom stereocenters. The molecule has 1 atom stereocenters. The minimum atomic E-state index is -0.943. The highest BCUT2D eigenvalue weighted by Gasteiger charge is 2.20. The SMILES string of the molecule is Cc1nc2ccc(C(=O)OC(C)C(=O)Nc3ccc(C(C)(C)C)cc3)cc2nc1C. The van der Waals surface area contributed by atoms with Gasteiger partial charge < -0.3 is 10.1 Å². The van der Waals surface area contributed by atoms with Gasteiger partial charge in [0.15, 0.2) is 6.10 Å². The van der Waals surface area contributed by atoms with Gasteiger partial charge in [0.2, 0.25) is 0 Å². The Morgan fingerprint density at radius 3 is 2.13 bits per heavy atom. The number of ether oxygens (including phenoxy) is 1. The van der Waals surface area contributed by atoms with Crippen LogP contribution in [0.1, 0.15) is 55.0 Å². The molecule has 0 aliphatic carbocycles. The van der Waals surface area contributed by atoms with Gasteiger partial charge in [-0.3, -0.25) is 4.79 Å². The van der Waals surface area contributed by atoms with E-state index in [0.29, 0.717) is 22.3 Å². The Hall–Kier alpha value is -3.28. The highest BCUT2D eigenvalue weighted by molar-refractivity contribution is 5.98. The molecule has 30 heavy (non-hydrogen) atoms. The van der Waals surface area contributed by atoms with Crippen LogP contribution in [0.15, 0.2) is 42.5 Å². The Morgan fingerprint density at radius 1 is 0.933 bits per heavy atom. The highest BCUT2D eigenvalue weighted by Crippen LogP contribution is 2.23. The van der Waals surface area contributed by atoms with Crippen LogP contribution in [0, 0.1) is 13.8 Å². The molecule has 1 aromatic heterocycles. The fraction of sp³-hybridized carbons (Fsp3) is 0.333. The average Bonchev–Trinajstić information content (AvgIpc) is 2.68. The summed E-state index contributed by atoms with van der Waals surface area (Å²) in [5.74, 6) is -0.971. The van der Waals surface area contributed by atoms with Gasteiger partial charge in [0.05, 0.1) is 28.0 Å². The van der Waals surface area contributed by atoms with Crippen molar-refractivity contribution in [2.45, 2.75) is 53.1 Å². The number of amides is 1. The number of hydrogen-bond donors (Lipinski definition) is 1. The van der Waals surface area contributed by atoms with Crippen LogP contribution < -0.4 is 5.32 Å². The lowest BCUT2D eigenvalue weighted by Crippen LogP contribution is -2.30. The number of benzene rings is 2. The van der Waals surface area contributed by atoms with Crippen LogP contribution in [0.2, 0.25) is 0 Å². The molecule has 1 heterocycles. The second kappa shape index (κ2) is 8.22. The van der Waals surface area contributed by atoms with Crippen LogP contribution >= 0.6 is 0 Å². The van der Waals surface area contributed by atoms with Crippen molar-refractivity contribution in [3.63, 3.8) is 0 Å². The summed E-state index contributed by atoms with van der Waals surface area (Å²) in [5, 5.41) is 2.78. The lowest BCUT2D eigenvalue weighted by atomic mass is 9.87. The van der Waals surface area contributed by atoms with E-state index in [9.17, 15) is 9.59 Å². The average molecular weight is 405 g/mol. The molecule has 0 saturated heterocycles. The summed E-state index contributed by atoms with van der Waals surface area (Å²) in [7, 11) is 0. The number of fused-ring (bicyclic) bond motifs is 1. The van der Waals surface area contributed by atoms with Crippen molar-refractivity contribution in [3.8, 4) is 0 Å². The van der Waals surface area contributed by atoms with Gasteiger partial charge in [0, 0.05) is 5.69 Å². The second-order valence-electron chi connectivity index (χ2n) is 8.46. The zero-order chi connectivity index (χ0) is 22.1. The maximum absolute atomic E-state index is 12.5. The van der Waals surface area contributed by atoms with Gasteiger partial charge in [0.1, 0.15) is 0 Å². The summed E-state index contributed by atoms with van der Waals surface area (Å²) in [4.78, 5) is 33.9. The minimum Gasteiger partial charge on any atom is -0.449 e. The maximum Gasteiger partial charge on any atom is 0.338 e. The van der Waals surface area contributed by atoms with Crippen molar-refractivity contribution in [2.75, 3.05) is 5.32 Å². The summed E-state index contributed by atoms with van der Waals surface area (Å²) in [6, 6.07) is 12.6. The number of carbonyl (C=O) groups is 2. The second-order valence-corrected chi connectivity index (χ2v) is 8.46. The van der Waals surface area contributed by atoms with Crippen LogP contribution in [0.3, 0.4) is 0 Å². The molecule has 0 spiro atoms. The molecule has 6 nitrogen and oxygen atoms in total. The number of aryl methyl sites for hydroxylation is 2. The van der Waals surface area contributed by atoms with Gasteiger partial charge in [-0.15, -0.1) is 0 Å². The molecule has 3 rings (SSSR count). The number of carbonyl (C=O) groups excluding carboxylic acids is 2. The van der Waals surface area contributed by atoms with E-state index in [0.717, 1.165) is 11.4 Å². The molecule has 0 fully saturated rings. The van der Waals surface area contributed by atoms with Crippen molar-refractivity contribution in [1.82, 2.24) is 9.97 Å². The van der Waals surface area contributed by atoms with Crippen LogP contribution in [0.4, 0.5) is 5.69 Å². The number of rotatable bonds is 4. The molecule has 0 aliphatic heterocycles. The van der Waals surface area contributed by atoms with E-state index >= 15 is 0 Å². The normalized spacial score (nSPS) is 12.5. The van der Waals surface area contributed by atoms with E-state index in [-0.39, 0.29) is 11.3 Å². The zero-order valence-corrected chi connectivity index (χ0v) is 18.2. The Bertz CT molecular complexity index is 1100. The van der Waals surface area contributed by atoms with Gasteiger partial charge in [-0.05, 0) is 62.1 Å². The Labute approximate surface area is 176 Å². The number of aromatic nitrogens is 2. The first-order valence-electron chi connectivity index (χ1n) is 9.92. The summed E-state index contributed by atoms with van der Waals surface area (Å²) in [6.45, 7) is 11.7. The summed E-state index contributed by atoms with van der Waals surface area (Å²) in [5.41, 5.74) is 5.16. The number of anilines is 1. The smallest absolute Gasteiger partial charge is 0.338 e. The third-order valence-electron chi connectivity index (χ3n) is 4.98. The molecule has 2 aromatic carbocycles. The quantitative estimate of drug-likeness (QED) is 0.635. The number of esters is 1. The lowest BCUT2D eigenvalue weighted by Gasteiger charge is -2.19. The first kappa shape index (κ1) is 21.4. The minimum absolute atomic E-state index is 0.0346. The van der Waals surface area contributed by atoms with E-state index in [1.165, 1.54) is 5.56 Å². The third kappa shape index (κ3) is 4.82. The van der Waals surface area contributed by atoms with Crippen LogP contribution in [-0.2, 0) is 14.9 Å². The molecule has 6 heteroatoms.